The van der Waals surface area contributed by atoms with Crippen molar-refractivity contribution in [2.45, 2.75) is 103 Å². The fourth-order valence-corrected chi connectivity index (χ4v) is 7.17. The van der Waals surface area contributed by atoms with Gasteiger partial charge in [-0.2, -0.15) is 0 Å². The van der Waals surface area contributed by atoms with Crippen LogP contribution in [-0.4, -0.2) is 55.9 Å². The van der Waals surface area contributed by atoms with E-state index in [1.165, 1.54) is 0 Å². The van der Waals surface area contributed by atoms with Crippen LogP contribution in [0.4, 0.5) is 0 Å². The molecule has 6 unspecified atom stereocenters. The first-order valence-electron chi connectivity index (χ1n) is 13.2. The van der Waals surface area contributed by atoms with Gasteiger partial charge in [0.15, 0.2) is 11.4 Å². The van der Waals surface area contributed by atoms with Gasteiger partial charge in [-0.25, -0.2) is 0 Å². The lowest BCUT2D eigenvalue weighted by Gasteiger charge is -2.60. The maximum absolute atomic E-state index is 13.1. The molecule has 3 fully saturated rings. The molecule has 4 aliphatic rings. The third kappa shape index (κ3) is 3.69. The van der Waals surface area contributed by atoms with Crippen LogP contribution in [-0.2, 0) is 33.3 Å². The second kappa shape index (κ2) is 10.00. The van der Waals surface area contributed by atoms with Gasteiger partial charge in [0.2, 0.25) is 0 Å². The Morgan fingerprint density at radius 3 is 2.41 bits per heavy atom. The second-order valence-electron chi connectivity index (χ2n) is 10.9. The lowest BCUT2D eigenvalue weighted by atomic mass is 9.56. The third-order valence-electron chi connectivity index (χ3n) is 8.91. The smallest absolute Gasteiger partial charge is 0.307 e. The summed E-state index contributed by atoms with van der Waals surface area (Å²) in [5.41, 5.74) is -0.882. The van der Waals surface area contributed by atoms with Crippen molar-refractivity contribution in [3.8, 4) is 0 Å². The Balaban J connectivity index is 1.75. The van der Waals surface area contributed by atoms with Gasteiger partial charge >= 0.3 is 5.97 Å². The standard InChI is InChI=1S/C27H42O7/c1-6-8-12-30-16-32-24-18(3)10-11-26(33-17-31-13-9-7-2)25(5)15-22(29)34-27(24,26)23-19(4)21(28)14-20(23)25/h18,20,24H,6-17H2,1-5H3. The first-order chi connectivity index (χ1) is 16.3. The van der Waals surface area contributed by atoms with Crippen LogP contribution in [0.1, 0.15) is 86.0 Å². The van der Waals surface area contributed by atoms with E-state index in [9.17, 15) is 9.59 Å². The molecule has 0 aromatic heterocycles. The lowest BCUT2D eigenvalue weighted by molar-refractivity contribution is -0.320. The number of ketones is 1. The van der Waals surface area contributed by atoms with Crippen molar-refractivity contribution in [2.24, 2.45) is 17.3 Å². The number of ether oxygens (including phenoxy) is 5. The van der Waals surface area contributed by atoms with Crippen molar-refractivity contribution in [3.05, 3.63) is 11.1 Å². The molecule has 1 aliphatic heterocycles. The number of esters is 1. The average Bonchev–Trinajstić information content (AvgIpc) is 3.14. The summed E-state index contributed by atoms with van der Waals surface area (Å²) in [5, 5.41) is 0. The summed E-state index contributed by atoms with van der Waals surface area (Å²) < 4.78 is 31.2. The zero-order valence-corrected chi connectivity index (χ0v) is 21.6. The first-order valence-corrected chi connectivity index (χ1v) is 13.2. The molecule has 2 saturated carbocycles. The van der Waals surface area contributed by atoms with E-state index in [1.54, 1.807) is 0 Å². The Morgan fingerprint density at radius 2 is 1.74 bits per heavy atom. The Labute approximate surface area is 203 Å². The largest absolute Gasteiger partial charge is 0.448 e. The molecule has 0 N–H and O–H groups in total. The molecule has 7 heteroatoms. The Morgan fingerprint density at radius 1 is 1.06 bits per heavy atom. The van der Waals surface area contributed by atoms with E-state index in [4.69, 9.17) is 23.7 Å². The molecule has 0 amide bonds. The van der Waals surface area contributed by atoms with E-state index in [0.29, 0.717) is 25.2 Å². The summed E-state index contributed by atoms with van der Waals surface area (Å²) in [6.45, 7) is 11.9. The molecule has 3 aliphatic carbocycles. The van der Waals surface area contributed by atoms with Crippen molar-refractivity contribution in [1.29, 1.82) is 0 Å². The molecule has 34 heavy (non-hydrogen) atoms. The van der Waals surface area contributed by atoms with E-state index in [-0.39, 0.29) is 43.6 Å². The number of fused-ring (bicyclic) bond motifs is 2. The summed E-state index contributed by atoms with van der Waals surface area (Å²) >= 11 is 0. The number of carbonyl (C=O) groups is 2. The Hall–Kier alpha value is -1.28. The number of allylic oxidation sites excluding steroid dienone is 1. The zero-order chi connectivity index (χ0) is 24.6. The van der Waals surface area contributed by atoms with Crippen LogP contribution in [0.2, 0.25) is 0 Å². The van der Waals surface area contributed by atoms with Crippen LogP contribution < -0.4 is 0 Å². The highest BCUT2D eigenvalue weighted by atomic mass is 16.7. The van der Waals surface area contributed by atoms with E-state index in [1.807, 2.05) is 6.92 Å². The van der Waals surface area contributed by atoms with E-state index >= 15 is 0 Å². The van der Waals surface area contributed by atoms with Crippen molar-refractivity contribution in [1.82, 2.24) is 0 Å². The molecule has 0 aromatic carbocycles. The summed E-state index contributed by atoms with van der Waals surface area (Å²) in [4.78, 5) is 26.1. The van der Waals surface area contributed by atoms with Crippen molar-refractivity contribution < 1.29 is 33.3 Å². The molecule has 192 valence electrons. The number of Topliss-reactive ketones (excluding diaryl/α,β-unsaturated/α-hetero) is 1. The topological polar surface area (TPSA) is 80.3 Å². The highest BCUT2D eigenvalue weighted by molar-refractivity contribution is 6.00. The Bertz CT molecular complexity index is 822. The van der Waals surface area contributed by atoms with Crippen molar-refractivity contribution in [2.75, 3.05) is 26.8 Å². The predicted octanol–water partition coefficient (Wildman–Crippen LogP) is 4.72. The zero-order valence-electron chi connectivity index (χ0n) is 21.6. The van der Waals surface area contributed by atoms with Crippen LogP contribution in [0.5, 0.6) is 0 Å². The molecule has 0 aromatic rings. The summed E-state index contributed by atoms with van der Waals surface area (Å²) in [5.74, 6) is -0.102. The minimum atomic E-state index is -1.14. The molecule has 0 radical (unpaired) electrons. The summed E-state index contributed by atoms with van der Waals surface area (Å²) in [6, 6.07) is 0. The van der Waals surface area contributed by atoms with Gasteiger partial charge in [-0.05, 0) is 49.7 Å². The third-order valence-corrected chi connectivity index (χ3v) is 8.91. The van der Waals surface area contributed by atoms with Crippen LogP contribution in [0.3, 0.4) is 0 Å². The molecule has 0 spiro atoms. The van der Waals surface area contributed by atoms with Crippen molar-refractivity contribution in [3.63, 3.8) is 0 Å². The first kappa shape index (κ1) is 25.8. The molecule has 7 nitrogen and oxygen atoms in total. The fourth-order valence-electron chi connectivity index (χ4n) is 7.17. The molecule has 6 atom stereocenters. The van der Waals surface area contributed by atoms with Gasteiger partial charge < -0.3 is 23.7 Å². The molecular formula is C27H42O7. The lowest BCUT2D eigenvalue weighted by Crippen LogP contribution is -2.73. The average molecular weight is 479 g/mol. The highest BCUT2D eigenvalue weighted by Crippen LogP contribution is 2.73. The highest BCUT2D eigenvalue weighted by Gasteiger charge is 2.83. The van der Waals surface area contributed by atoms with E-state index < -0.39 is 22.7 Å². The van der Waals surface area contributed by atoms with Crippen LogP contribution in [0.15, 0.2) is 11.1 Å². The quantitative estimate of drug-likeness (QED) is 0.228. The maximum Gasteiger partial charge on any atom is 0.307 e. The number of unbranched alkanes of at least 4 members (excludes halogenated alkanes) is 2. The number of hydrogen-bond donors (Lipinski definition) is 0. The summed E-state index contributed by atoms with van der Waals surface area (Å²) in [7, 11) is 0. The fraction of sp³-hybridized carbons (Fsp3) is 0.852. The number of rotatable bonds is 12. The van der Waals surface area contributed by atoms with Crippen LogP contribution >= 0.6 is 0 Å². The van der Waals surface area contributed by atoms with Gasteiger partial charge in [0.05, 0.1) is 6.42 Å². The van der Waals surface area contributed by atoms with Gasteiger partial charge in [0.25, 0.3) is 0 Å². The van der Waals surface area contributed by atoms with Crippen molar-refractivity contribution >= 4 is 11.8 Å². The molecule has 4 rings (SSSR count). The molecule has 1 saturated heterocycles. The Kier molecular flexibility index (Phi) is 7.59. The van der Waals surface area contributed by atoms with E-state index in [0.717, 1.165) is 44.1 Å². The normalized spacial score (nSPS) is 38.8. The second-order valence-corrected chi connectivity index (χ2v) is 10.9. The SMILES string of the molecule is CCCCOCOC1C(C)CCC2(OCOCCCC)C3(C)CC(=O)OC12C1=C(C)C(=O)CC13. The minimum absolute atomic E-state index is 0.0977. The molecule has 1 heterocycles. The number of hydrogen-bond acceptors (Lipinski definition) is 7. The summed E-state index contributed by atoms with van der Waals surface area (Å²) in [6.07, 6.45) is 5.79. The van der Waals surface area contributed by atoms with Crippen LogP contribution in [0, 0.1) is 17.3 Å². The molecular weight excluding hydrogens is 436 g/mol. The van der Waals surface area contributed by atoms with Gasteiger partial charge in [-0.1, -0.05) is 40.5 Å². The van der Waals surface area contributed by atoms with Gasteiger partial charge in [0.1, 0.15) is 25.3 Å². The predicted molar refractivity (Wildman–Crippen MR) is 126 cm³/mol. The van der Waals surface area contributed by atoms with Crippen LogP contribution in [0.25, 0.3) is 0 Å². The molecule has 2 bridgehead atoms. The van der Waals surface area contributed by atoms with Gasteiger partial charge in [0, 0.05) is 31.0 Å². The monoisotopic (exact) mass is 478 g/mol. The van der Waals surface area contributed by atoms with Gasteiger partial charge in [-0.15, -0.1) is 0 Å². The van der Waals surface area contributed by atoms with E-state index in [2.05, 4.69) is 27.7 Å². The number of carbonyl (C=O) groups excluding carboxylic acids is 2. The van der Waals surface area contributed by atoms with Gasteiger partial charge in [-0.3, -0.25) is 9.59 Å². The maximum atomic E-state index is 13.1. The minimum Gasteiger partial charge on any atom is -0.448 e.